The number of rotatable bonds is 7. The van der Waals surface area contributed by atoms with E-state index >= 15 is 0 Å². The number of unbranched alkanes of at least 4 members (excludes halogenated alkanes) is 5. The van der Waals surface area contributed by atoms with Crippen LogP contribution >= 0.6 is 11.6 Å². The summed E-state index contributed by atoms with van der Waals surface area (Å²) in [6.07, 6.45) is 8.49. The molecule has 0 radical (unpaired) electrons. The number of ether oxygens (including phenoxy) is 1. The van der Waals surface area contributed by atoms with Crippen LogP contribution in [0, 0.1) is 0 Å². The van der Waals surface area contributed by atoms with Crippen molar-refractivity contribution in [3.05, 3.63) is 35.9 Å². The number of hydrogen-bond acceptors (Lipinski definition) is 2. The number of hydrogen-bond donors (Lipinski definition) is 0. The van der Waals surface area contributed by atoms with Gasteiger partial charge in [0.25, 0.3) is 0 Å². The van der Waals surface area contributed by atoms with Crippen LogP contribution in [-0.2, 0) is 11.3 Å². The Labute approximate surface area is 122 Å². The van der Waals surface area contributed by atoms with Crippen LogP contribution in [0.15, 0.2) is 30.3 Å². The molecule has 3 heteroatoms. The van der Waals surface area contributed by atoms with Gasteiger partial charge in [0, 0.05) is 11.6 Å². The predicted octanol–water partition coefficient (Wildman–Crippen LogP) is 5.93. The molecule has 0 heterocycles. The van der Waals surface area contributed by atoms with Gasteiger partial charge in [-0.05, 0) is 5.56 Å². The van der Waals surface area contributed by atoms with Gasteiger partial charge in [0.2, 0.25) is 0 Å². The Balaban J connectivity index is 0.000000362. The third-order valence-corrected chi connectivity index (χ3v) is 2.76. The molecule has 0 N–H and O–H groups in total. The molecule has 1 aromatic rings. The monoisotopic (exact) mass is 284 g/mol. The highest BCUT2D eigenvalue weighted by atomic mass is 35.5. The van der Waals surface area contributed by atoms with Gasteiger partial charge in [0.05, 0.1) is 0 Å². The first-order chi connectivity index (χ1) is 9.20. The van der Waals surface area contributed by atoms with E-state index in [4.69, 9.17) is 11.6 Å². The molecule has 0 saturated heterocycles. The van der Waals surface area contributed by atoms with Crippen molar-refractivity contribution in [2.75, 3.05) is 0 Å². The first-order valence-electron chi connectivity index (χ1n) is 7.06. The number of halogens is 1. The highest BCUT2D eigenvalue weighted by Gasteiger charge is 1.95. The lowest BCUT2D eigenvalue weighted by molar-refractivity contribution is 0.167. The van der Waals surface area contributed by atoms with Crippen LogP contribution < -0.4 is 0 Å². The SMILES string of the molecule is CCCCCCCC.O=C(Cl)OCc1ccccc1. The summed E-state index contributed by atoms with van der Waals surface area (Å²) in [5.74, 6) is 0. The van der Waals surface area contributed by atoms with E-state index in [1.165, 1.54) is 38.5 Å². The summed E-state index contributed by atoms with van der Waals surface area (Å²) in [6.45, 7) is 4.75. The normalized spacial score (nSPS) is 9.42. The van der Waals surface area contributed by atoms with Crippen molar-refractivity contribution in [1.29, 1.82) is 0 Å². The predicted molar refractivity (Wildman–Crippen MR) is 81.5 cm³/mol. The highest BCUT2D eigenvalue weighted by molar-refractivity contribution is 6.61. The fourth-order valence-corrected chi connectivity index (χ4v) is 1.62. The van der Waals surface area contributed by atoms with Gasteiger partial charge >= 0.3 is 5.43 Å². The van der Waals surface area contributed by atoms with E-state index in [9.17, 15) is 4.79 Å². The smallest absolute Gasteiger partial charge is 0.404 e. The van der Waals surface area contributed by atoms with Gasteiger partial charge in [-0.25, -0.2) is 4.79 Å². The summed E-state index contributed by atoms with van der Waals surface area (Å²) < 4.78 is 4.55. The third-order valence-electron chi connectivity index (χ3n) is 2.65. The number of carbonyl (C=O) groups excluding carboxylic acids is 1. The quantitative estimate of drug-likeness (QED) is 0.458. The second-order valence-corrected chi connectivity index (χ2v) is 4.73. The summed E-state index contributed by atoms with van der Waals surface area (Å²) in [5, 5.41) is 0. The Bertz CT molecular complexity index is 306. The van der Waals surface area contributed by atoms with Crippen molar-refractivity contribution >= 4 is 17.0 Å². The second kappa shape index (κ2) is 13.4. The Morgan fingerprint density at radius 1 is 1.00 bits per heavy atom. The molecule has 0 amide bonds. The summed E-state index contributed by atoms with van der Waals surface area (Å²) in [7, 11) is 0. The maximum Gasteiger partial charge on any atom is 0.404 e. The van der Waals surface area contributed by atoms with Gasteiger partial charge in [-0.15, -0.1) is 0 Å². The molecule has 1 rings (SSSR count). The Morgan fingerprint density at radius 2 is 1.53 bits per heavy atom. The second-order valence-electron chi connectivity index (χ2n) is 4.43. The molecule has 0 aliphatic rings. The summed E-state index contributed by atoms with van der Waals surface area (Å²) >= 11 is 4.97. The van der Waals surface area contributed by atoms with Crippen LogP contribution in [0.5, 0.6) is 0 Å². The average molecular weight is 285 g/mol. The lowest BCUT2D eigenvalue weighted by Crippen LogP contribution is -1.93. The lowest BCUT2D eigenvalue weighted by atomic mass is 10.1. The molecule has 19 heavy (non-hydrogen) atoms. The van der Waals surface area contributed by atoms with Gasteiger partial charge in [-0.3, -0.25) is 0 Å². The molecule has 0 aliphatic carbocycles. The molecule has 0 fully saturated rings. The maximum absolute atomic E-state index is 10.2. The summed E-state index contributed by atoms with van der Waals surface area (Å²) in [6, 6.07) is 9.36. The van der Waals surface area contributed by atoms with Crippen LogP contribution in [0.4, 0.5) is 4.79 Å². The van der Waals surface area contributed by atoms with Crippen molar-refractivity contribution in [2.24, 2.45) is 0 Å². The van der Waals surface area contributed by atoms with Gasteiger partial charge in [0.1, 0.15) is 6.61 Å². The molecular weight excluding hydrogens is 260 g/mol. The van der Waals surface area contributed by atoms with Crippen molar-refractivity contribution in [3.63, 3.8) is 0 Å². The fraction of sp³-hybridized carbons (Fsp3) is 0.562. The van der Waals surface area contributed by atoms with Crippen LogP contribution in [0.2, 0.25) is 0 Å². The zero-order chi connectivity index (χ0) is 14.3. The van der Waals surface area contributed by atoms with E-state index in [1.54, 1.807) is 0 Å². The molecule has 0 unspecified atom stereocenters. The summed E-state index contributed by atoms with van der Waals surface area (Å²) in [5.41, 5.74) is 0.162. The largest absolute Gasteiger partial charge is 0.449 e. The molecule has 0 saturated carbocycles. The van der Waals surface area contributed by atoms with Crippen molar-refractivity contribution in [1.82, 2.24) is 0 Å². The van der Waals surface area contributed by atoms with Crippen molar-refractivity contribution in [2.45, 2.75) is 59.0 Å². The molecule has 0 bridgehead atoms. The van der Waals surface area contributed by atoms with E-state index < -0.39 is 5.43 Å². The van der Waals surface area contributed by atoms with E-state index in [1.807, 2.05) is 30.3 Å². The molecule has 0 atom stereocenters. The average Bonchev–Trinajstić information content (AvgIpc) is 2.43. The minimum Gasteiger partial charge on any atom is -0.449 e. The zero-order valence-electron chi connectivity index (χ0n) is 12.0. The minimum absolute atomic E-state index is 0.239. The third kappa shape index (κ3) is 13.2. The molecule has 0 spiro atoms. The first-order valence-corrected chi connectivity index (χ1v) is 7.44. The molecule has 108 valence electrons. The van der Waals surface area contributed by atoms with Crippen LogP contribution in [-0.4, -0.2) is 5.43 Å². The summed E-state index contributed by atoms with van der Waals surface area (Å²) in [4.78, 5) is 10.2. The topological polar surface area (TPSA) is 26.3 Å². The Morgan fingerprint density at radius 3 is 1.95 bits per heavy atom. The van der Waals surface area contributed by atoms with Crippen molar-refractivity contribution in [3.8, 4) is 0 Å². The minimum atomic E-state index is -0.770. The number of benzene rings is 1. The molecule has 0 aliphatic heterocycles. The molecule has 1 aromatic carbocycles. The molecular formula is C16H25ClO2. The van der Waals surface area contributed by atoms with E-state index in [-0.39, 0.29) is 6.61 Å². The fourth-order valence-electron chi connectivity index (χ4n) is 1.57. The van der Waals surface area contributed by atoms with Crippen molar-refractivity contribution < 1.29 is 9.53 Å². The zero-order valence-corrected chi connectivity index (χ0v) is 12.8. The van der Waals surface area contributed by atoms with Gasteiger partial charge in [0.15, 0.2) is 0 Å². The van der Waals surface area contributed by atoms with Crippen LogP contribution in [0.1, 0.15) is 57.9 Å². The van der Waals surface area contributed by atoms with Crippen LogP contribution in [0.25, 0.3) is 0 Å². The highest BCUT2D eigenvalue weighted by Crippen LogP contribution is 2.03. The molecule has 2 nitrogen and oxygen atoms in total. The number of carbonyl (C=O) groups is 1. The van der Waals surface area contributed by atoms with E-state index in [0.29, 0.717) is 0 Å². The Hall–Kier alpha value is -1.02. The van der Waals surface area contributed by atoms with Gasteiger partial charge < -0.3 is 4.74 Å². The lowest BCUT2D eigenvalue weighted by Gasteiger charge is -1.98. The first kappa shape index (κ1) is 18.0. The van der Waals surface area contributed by atoms with Gasteiger partial charge in [-0.1, -0.05) is 82.7 Å². The Kier molecular flexibility index (Phi) is 12.7. The van der Waals surface area contributed by atoms with Gasteiger partial charge in [-0.2, -0.15) is 0 Å². The molecule has 0 aromatic heterocycles. The van der Waals surface area contributed by atoms with E-state index in [0.717, 1.165) is 5.56 Å². The maximum atomic E-state index is 10.2. The standard InChI is InChI=1S/C8H7ClO2.C8H18/c9-8(10)11-6-7-4-2-1-3-5-7;1-3-5-7-8-6-4-2/h1-5H,6H2;3-8H2,1-2H3. The van der Waals surface area contributed by atoms with E-state index in [2.05, 4.69) is 18.6 Å². The van der Waals surface area contributed by atoms with Crippen LogP contribution in [0.3, 0.4) is 0 Å².